The molecule has 1 N–H and O–H groups in total. The number of rotatable bonds is 5. The Labute approximate surface area is 133 Å². The molecule has 0 radical (unpaired) electrons. The molecule has 0 spiro atoms. The summed E-state index contributed by atoms with van der Waals surface area (Å²) in [6.07, 6.45) is 3.75. The highest BCUT2D eigenvalue weighted by atomic mass is 16.4. The highest BCUT2D eigenvalue weighted by molar-refractivity contribution is 5.74. The SMILES string of the molecule is c1ccc(Cn2cccn2)c(CNc2nc3ccccc3o2)c1. The molecule has 0 saturated carbocycles. The lowest BCUT2D eigenvalue weighted by molar-refractivity contribution is 0.613. The Kier molecular flexibility index (Phi) is 3.52. The van der Waals surface area contributed by atoms with Gasteiger partial charge in [0.25, 0.3) is 6.01 Å². The van der Waals surface area contributed by atoms with Crippen molar-refractivity contribution in [3.8, 4) is 0 Å². The number of para-hydroxylation sites is 2. The zero-order valence-electron chi connectivity index (χ0n) is 12.5. The number of hydrogen-bond acceptors (Lipinski definition) is 4. The fourth-order valence-corrected chi connectivity index (χ4v) is 2.57. The highest BCUT2D eigenvalue weighted by Crippen LogP contribution is 2.19. The van der Waals surface area contributed by atoms with Crippen LogP contribution in [0, 0.1) is 0 Å². The molecule has 0 aliphatic heterocycles. The third kappa shape index (κ3) is 2.94. The van der Waals surface area contributed by atoms with Crippen LogP contribution < -0.4 is 5.32 Å². The summed E-state index contributed by atoms with van der Waals surface area (Å²) >= 11 is 0. The molecule has 2 aromatic carbocycles. The van der Waals surface area contributed by atoms with Crippen molar-refractivity contribution in [1.82, 2.24) is 14.8 Å². The van der Waals surface area contributed by atoms with E-state index >= 15 is 0 Å². The first kappa shape index (κ1) is 13.6. The molecule has 0 amide bonds. The van der Waals surface area contributed by atoms with E-state index in [1.165, 1.54) is 11.1 Å². The highest BCUT2D eigenvalue weighted by Gasteiger charge is 2.07. The van der Waals surface area contributed by atoms with Crippen LogP contribution in [0.2, 0.25) is 0 Å². The summed E-state index contributed by atoms with van der Waals surface area (Å²) in [7, 11) is 0. The second-order valence-electron chi connectivity index (χ2n) is 5.31. The van der Waals surface area contributed by atoms with Gasteiger partial charge in [-0.25, -0.2) is 0 Å². The summed E-state index contributed by atoms with van der Waals surface area (Å²) in [6.45, 7) is 1.41. The molecule has 0 bridgehead atoms. The largest absolute Gasteiger partial charge is 0.424 e. The zero-order chi connectivity index (χ0) is 15.5. The van der Waals surface area contributed by atoms with E-state index in [9.17, 15) is 0 Å². The quantitative estimate of drug-likeness (QED) is 0.611. The molecule has 0 aliphatic carbocycles. The Hall–Kier alpha value is -3.08. The van der Waals surface area contributed by atoms with E-state index in [1.807, 2.05) is 53.3 Å². The normalized spacial score (nSPS) is 11.0. The first-order chi connectivity index (χ1) is 11.4. The molecular formula is C18H16N4O. The Morgan fingerprint density at radius 2 is 1.78 bits per heavy atom. The van der Waals surface area contributed by atoms with Crippen LogP contribution in [0.25, 0.3) is 11.1 Å². The molecule has 0 saturated heterocycles. The van der Waals surface area contributed by atoms with Crippen LogP contribution in [-0.2, 0) is 13.1 Å². The summed E-state index contributed by atoms with van der Waals surface area (Å²) in [4.78, 5) is 4.44. The first-order valence-corrected chi connectivity index (χ1v) is 7.52. The van der Waals surface area contributed by atoms with Crippen LogP contribution in [0.5, 0.6) is 0 Å². The smallest absolute Gasteiger partial charge is 0.295 e. The molecule has 4 rings (SSSR count). The molecule has 5 heteroatoms. The van der Waals surface area contributed by atoms with Gasteiger partial charge in [-0.2, -0.15) is 10.1 Å². The number of nitrogens with zero attached hydrogens (tertiary/aromatic N) is 3. The van der Waals surface area contributed by atoms with Crippen molar-refractivity contribution in [2.75, 3.05) is 5.32 Å². The third-order valence-corrected chi connectivity index (χ3v) is 3.73. The number of anilines is 1. The van der Waals surface area contributed by atoms with Crippen LogP contribution in [0.4, 0.5) is 6.01 Å². The third-order valence-electron chi connectivity index (χ3n) is 3.73. The van der Waals surface area contributed by atoms with Crippen LogP contribution in [0.3, 0.4) is 0 Å². The van der Waals surface area contributed by atoms with Crippen molar-refractivity contribution < 1.29 is 4.42 Å². The molecule has 114 valence electrons. The van der Waals surface area contributed by atoms with Gasteiger partial charge in [-0.15, -0.1) is 0 Å². The van der Waals surface area contributed by atoms with E-state index in [-0.39, 0.29) is 0 Å². The predicted octanol–water partition coefficient (Wildman–Crippen LogP) is 3.68. The van der Waals surface area contributed by atoms with E-state index < -0.39 is 0 Å². The minimum atomic E-state index is 0.542. The van der Waals surface area contributed by atoms with Gasteiger partial charge in [-0.3, -0.25) is 4.68 Å². The van der Waals surface area contributed by atoms with Crippen molar-refractivity contribution in [2.24, 2.45) is 0 Å². The van der Waals surface area contributed by atoms with E-state index in [4.69, 9.17) is 4.42 Å². The van der Waals surface area contributed by atoms with Gasteiger partial charge in [-0.1, -0.05) is 36.4 Å². The summed E-state index contributed by atoms with van der Waals surface area (Å²) < 4.78 is 7.61. The summed E-state index contributed by atoms with van der Waals surface area (Å²) in [5.41, 5.74) is 4.07. The molecule has 0 fully saturated rings. The van der Waals surface area contributed by atoms with E-state index in [0.29, 0.717) is 12.6 Å². The van der Waals surface area contributed by atoms with Gasteiger partial charge < -0.3 is 9.73 Å². The van der Waals surface area contributed by atoms with Crippen molar-refractivity contribution in [1.29, 1.82) is 0 Å². The van der Waals surface area contributed by atoms with Crippen LogP contribution in [0.1, 0.15) is 11.1 Å². The minimum Gasteiger partial charge on any atom is -0.424 e. The number of oxazole rings is 1. The standard InChI is InChI=1S/C18H16N4O/c1-2-7-15(13-22-11-5-10-20-22)14(6-1)12-19-18-21-16-8-3-4-9-17(16)23-18/h1-11H,12-13H2,(H,19,21). The summed E-state index contributed by atoms with van der Waals surface area (Å²) in [5, 5.41) is 7.53. The number of fused-ring (bicyclic) bond motifs is 1. The fraction of sp³-hybridized carbons (Fsp3) is 0.111. The second-order valence-corrected chi connectivity index (χ2v) is 5.31. The second kappa shape index (κ2) is 5.96. The van der Waals surface area contributed by atoms with Crippen molar-refractivity contribution in [3.63, 3.8) is 0 Å². The molecule has 2 aromatic heterocycles. The summed E-state index contributed by atoms with van der Waals surface area (Å²) in [6, 6.07) is 18.5. The molecule has 0 unspecified atom stereocenters. The van der Waals surface area contributed by atoms with Gasteiger partial charge in [0.15, 0.2) is 5.58 Å². The Morgan fingerprint density at radius 1 is 0.957 bits per heavy atom. The Morgan fingerprint density at radius 3 is 2.61 bits per heavy atom. The molecule has 5 nitrogen and oxygen atoms in total. The monoisotopic (exact) mass is 304 g/mol. The molecular weight excluding hydrogens is 288 g/mol. The van der Waals surface area contributed by atoms with Gasteiger partial charge in [-0.05, 0) is 29.3 Å². The van der Waals surface area contributed by atoms with Gasteiger partial charge in [0, 0.05) is 18.9 Å². The molecule has 23 heavy (non-hydrogen) atoms. The van der Waals surface area contributed by atoms with Crippen molar-refractivity contribution in [2.45, 2.75) is 13.1 Å². The molecule has 4 aromatic rings. The molecule has 2 heterocycles. The van der Waals surface area contributed by atoms with E-state index in [2.05, 4.69) is 27.5 Å². The van der Waals surface area contributed by atoms with Crippen molar-refractivity contribution in [3.05, 3.63) is 78.1 Å². The minimum absolute atomic E-state index is 0.542. The lowest BCUT2D eigenvalue weighted by Crippen LogP contribution is -2.07. The van der Waals surface area contributed by atoms with Gasteiger partial charge in [0.05, 0.1) is 6.54 Å². The Bertz CT molecular complexity index is 879. The maximum atomic E-state index is 5.70. The number of aromatic nitrogens is 3. The van der Waals surface area contributed by atoms with Crippen LogP contribution >= 0.6 is 0 Å². The van der Waals surface area contributed by atoms with Gasteiger partial charge >= 0.3 is 0 Å². The zero-order valence-corrected chi connectivity index (χ0v) is 12.5. The summed E-state index contributed by atoms with van der Waals surface area (Å²) in [5.74, 6) is 0. The number of nitrogens with one attached hydrogen (secondary N) is 1. The lowest BCUT2D eigenvalue weighted by Gasteiger charge is -2.09. The lowest BCUT2D eigenvalue weighted by atomic mass is 10.1. The van der Waals surface area contributed by atoms with Crippen molar-refractivity contribution >= 4 is 17.1 Å². The van der Waals surface area contributed by atoms with Crippen LogP contribution in [0.15, 0.2) is 71.4 Å². The average molecular weight is 304 g/mol. The Balaban J connectivity index is 1.52. The first-order valence-electron chi connectivity index (χ1n) is 7.52. The fourth-order valence-electron chi connectivity index (χ4n) is 2.57. The molecule has 0 aliphatic rings. The predicted molar refractivity (Wildman–Crippen MR) is 89.1 cm³/mol. The number of hydrogen-bond donors (Lipinski definition) is 1. The van der Waals surface area contributed by atoms with Crippen LogP contribution in [-0.4, -0.2) is 14.8 Å². The van der Waals surface area contributed by atoms with E-state index in [0.717, 1.165) is 17.6 Å². The van der Waals surface area contributed by atoms with Gasteiger partial charge in [0.1, 0.15) is 5.52 Å². The maximum absolute atomic E-state index is 5.70. The molecule has 0 atom stereocenters. The number of benzene rings is 2. The van der Waals surface area contributed by atoms with Gasteiger partial charge in [0.2, 0.25) is 0 Å². The topological polar surface area (TPSA) is 55.9 Å². The average Bonchev–Trinajstić information content (AvgIpc) is 3.23. The maximum Gasteiger partial charge on any atom is 0.295 e. The van der Waals surface area contributed by atoms with E-state index in [1.54, 1.807) is 6.20 Å².